The van der Waals surface area contributed by atoms with Gasteiger partial charge in [0.25, 0.3) is 0 Å². The van der Waals surface area contributed by atoms with Crippen LogP contribution in [0.25, 0.3) is 11.4 Å². The summed E-state index contributed by atoms with van der Waals surface area (Å²) < 4.78 is 2.06. The van der Waals surface area contributed by atoms with E-state index in [-0.39, 0.29) is 5.78 Å². The highest BCUT2D eigenvalue weighted by Gasteiger charge is 2.05. The average Bonchev–Trinajstić information content (AvgIpc) is 2.87. The number of fused-ring (bicyclic) bond motifs is 1. The molecule has 0 N–H and O–H groups in total. The lowest BCUT2D eigenvalue weighted by Crippen LogP contribution is -2.01. The number of carbonyl (C=O) groups is 1. The standard InChI is InChI=1S/C15H13N3O/c1-11(19)13-4-2-12(3-5-13)8-18-7-6-14-15(9-18)17-10-16-14/h2-7,9-10H,8H2,1H3. The maximum atomic E-state index is 11.2. The lowest BCUT2D eigenvalue weighted by Gasteiger charge is -2.08. The summed E-state index contributed by atoms with van der Waals surface area (Å²) in [4.78, 5) is 19.5. The third kappa shape index (κ3) is 2.38. The fourth-order valence-electron chi connectivity index (χ4n) is 2.03. The van der Waals surface area contributed by atoms with Gasteiger partial charge in [0, 0.05) is 24.5 Å². The molecule has 3 rings (SSSR count). The number of carbonyl (C=O) groups excluding carboxylic acids is 1. The average molecular weight is 251 g/mol. The summed E-state index contributed by atoms with van der Waals surface area (Å²) in [7, 11) is 0. The van der Waals surface area contributed by atoms with Crippen LogP contribution in [0.2, 0.25) is 0 Å². The molecule has 0 atom stereocenters. The van der Waals surface area contributed by atoms with Gasteiger partial charge >= 0.3 is 0 Å². The second-order valence-electron chi connectivity index (χ2n) is 4.51. The van der Waals surface area contributed by atoms with E-state index in [0.717, 1.165) is 29.1 Å². The van der Waals surface area contributed by atoms with Crippen LogP contribution in [-0.4, -0.2) is 20.3 Å². The molecule has 0 bridgehead atoms. The molecule has 0 aliphatic carbocycles. The van der Waals surface area contributed by atoms with Gasteiger partial charge in [-0.25, -0.2) is 9.97 Å². The molecule has 19 heavy (non-hydrogen) atoms. The Bertz CT molecular complexity index is 685. The predicted molar refractivity (Wildman–Crippen MR) is 72.2 cm³/mol. The Kier molecular flexibility index (Phi) is 2.83. The lowest BCUT2D eigenvalue weighted by molar-refractivity contribution is 0.101. The molecule has 4 heteroatoms. The molecule has 0 radical (unpaired) electrons. The summed E-state index contributed by atoms with van der Waals surface area (Å²) in [5, 5.41) is 0. The summed E-state index contributed by atoms with van der Waals surface area (Å²) in [5.41, 5.74) is 3.69. The van der Waals surface area contributed by atoms with E-state index in [0.29, 0.717) is 0 Å². The Morgan fingerprint density at radius 3 is 2.58 bits per heavy atom. The number of hydrogen-bond donors (Lipinski definition) is 0. The number of Topliss-reactive ketones (excluding diaryl/α,β-unsaturated/α-hetero) is 1. The summed E-state index contributed by atoms with van der Waals surface area (Å²) in [6, 6.07) is 9.62. The van der Waals surface area contributed by atoms with Crippen molar-refractivity contribution < 1.29 is 4.79 Å². The van der Waals surface area contributed by atoms with Crippen molar-refractivity contribution >= 4 is 5.78 Å². The first kappa shape index (κ1) is 11.6. The van der Waals surface area contributed by atoms with Crippen LogP contribution >= 0.6 is 0 Å². The molecule has 0 saturated carbocycles. The Balaban J connectivity index is 1.84. The van der Waals surface area contributed by atoms with Gasteiger partial charge < -0.3 is 4.57 Å². The number of ketones is 1. The first-order valence-electron chi connectivity index (χ1n) is 6.09. The molecule has 2 aliphatic rings. The number of rotatable bonds is 3. The van der Waals surface area contributed by atoms with Crippen molar-refractivity contribution in [3.05, 3.63) is 60.2 Å². The molecule has 2 heterocycles. The Morgan fingerprint density at radius 2 is 1.84 bits per heavy atom. The highest BCUT2D eigenvalue weighted by Crippen LogP contribution is 2.16. The molecule has 0 unspecified atom stereocenters. The van der Waals surface area contributed by atoms with Crippen LogP contribution in [-0.2, 0) is 6.54 Å². The van der Waals surface area contributed by atoms with Crippen LogP contribution in [0.5, 0.6) is 0 Å². The van der Waals surface area contributed by atoms with Crippen LogP contribution in [0.4, 0.5) is 0 Å². The van der Waals surface area contributed by atoms with E-state index in [4.69, 9.17) is 0 Å². The highest BCUT2D eigenvalue weighted by molar-refractivity contribution is 5.93. The third-order valence-electron chi connectivity index (χ3n) is 3.09. The molecule has 1 aromatic rings. The second kappa shape index (κ2) is 4.65. The zero-order chi connectivity index (χ0) is 13.2. The first-order chi connectivity index (χ1) is 9.22. The van der Waals surface area contributed by atoms with Crippen LogP contribution in [0.15, 0.2) is 49.1 Å². The summed E-state index contributed by atoms with van der Waals surface area (Å²) in [6.07, 6.45) is 5.52. The van der Waals surface area contributed by atoms with Crippen molar-refractivity contribution in [2.24, 2.45) is 0 Å². The van der Waals surface area contributed by atoms with Gasteiger partial charge in [-0.1, -0.05) is 24.3 Å². The molecule has 2 aliphatic heterocycles. The van der Waals surface area contributed by atoms with E-state index < -0.39 is 0 Å². The van der Waals surface area contributed by atoms with Crippen molar-refractivity contribution in [2.45, 2.75) is 13.5 Å². The van der Waals surface area contributed by atoms with Gasteiger partial charge in [-0.2, -0.15) is 0 Å². The number of aromatic nitrogens is 3. The van der Waals surface area contributed by atoms with Crippen LogP contribution < -0.4 is 0 Å². The van der Waals surface area contributed by atoms with Crippen LogP contribution in [0.1, 0.15) is 22.8 Å². The molecule has 1 aromatic carbocycles. The number of benzene rings is 1. The van der Waals surface area contributed by atoms with Gasteiger partial charge in [0.1, 0.15) is 12.0 Å². The first-order valence-corrected chi connectivity index (χ1v) is 6.09. The van der Waals surface area contributed by atoms with Gasteiger partial charge in [0.15, 0.2) is 5.78 Å². The van der Waals surface area contributed by atoms with Crippen molar-refractivity contribution in [1.29, 1.82) is 0 Å². The van der Waals surface area contributed by atoms with Gasteiger partial charge in [0.2, 0.25) is 0 Å². The number of imidazole rings is 1. The van der Waals surface area contributed by atoms with E-state index in [9.17, 15) is 4.79 Å². The van der Waals surface area contributed by atoms with Crippen molar-refractivity contribution in [3.63, 3.8) is 0 Å². The van der Waals surface area contributed by atoms with E-state index in [1.807, 2.05) is 42.7 Å². The number of pyridine rings is 1. The normalized spacial score (nSPS) is 10.8. The third-order valence-corrected chi connectivity index (χ3v) is 3.09. The second-order valence-corrected chi connectivity index (χ2v) is 4.51. The van der Waals surface area contributed by atoms with E-state index in [1.54, 1.807) is 13.3 Å². The molecule has 0 saturated heterocycles. The number of nitrogens with zero attached hydrogens (tertiary/aromatic N) is 3. The largest absolute Gasteiger partial charge is 0.348 e. The molecule has 0 aromatic heterocycles. The lowest BCUT2D eigenvalue weighted by atomic mass is 10.1. The SMILES string of the molecule is CC(=O)c1ccc(Cn2ccc3ncnc-3c2)cc1. The predicted octanol–water partition coefficient (Wildman–Crippen LogP) is 2.63. The summed E-state index contributed by atoms with van der Waals surface area (Å²) >= 11 is 0. The Hall–Kier alpha value is -2.49. The maximum Gasteiger partial charge on any atom is 0.159 e. The van der Waals surface area contributed by atoms with Crippen molar-refractivity contribution in [3.8, 4) is 11.4 Å². The molecule has 4 nitrogen and oxygen atoms in total. The highest BCUT2D eigenvalue weighted by atomic mass is 16.1. The minimum absolute atomic E-state index is 0.0904. The van der Waals surface area contributed by atoms with Gasteiger partial charge in [-0.15, -0.1) is 0 Å². The zero-order valence-electron chi connectivity index (χ0n) is 10.6. The summed E-state index contributed by atoms with van der Waals surface area (Å²) in [5.74, 6) is 0.0904. The van der Waals surface area contributed by atoms with Crippen molar-refractivity contribution in [2.75, 3.05) is 0 Å². The topological polar surface area (TPSA) is 47.8 Å². The van der Waals surface area contributed by atoms with E-state index in [1.165, 1.54) is 0 Å². The zero-order valence-corrected chi connectivity index (χ0v) is 10.6. The van der Waals surface area contributed by atoms with Gasteiger partial charge in [-0.3, -0.25) is 4.79 Å². The van der Waals surface area contributed by atoms with Crippen LogP contribution in [0.3, 0.4) is 0 Å². The minimum Gasteiger partial charge on any atom is -0.348 e. The molecule has 0 fully saturated rings. The summed E-state index contributed by atoms with van der Waals surface area (Å²) in [6.45, 7) is 2.33. The Labute approximate surface area is 111 Å². The Morgan fingerprint density at radius 1 is 1.11 bits per heavy atom. The molecular weight excluding hydrogens is 238 g/mol. The quantitative estimate of drug-likeness (QED) is 0.672. The minimum atomic E-state index is 0.0904. The fraction of sp³-hybridized carbons (Fsp3) is 0.133. The number of hydrogen-bond acceptors (Lipinski definition) is 3. The molecule has 94 valence electrons. The van der Waals surface area contributed by atoms with E-state index >= 15 is 0 Å². The van der Waals surface area contributed by atoms with Crippen LogP contribution in [0, 0.1) is 0 Å². The van der Waals surface area contributed by atoms with E-state index in [2.05, 4.69) is 14.5 Å². The van der Waals surface area contributed by atoms with Gasteiger partial charge in [-0.05, 0) is 18.6 Å². The maximum absolute atomic E-state index is 11.2. The monoisotopic (exact) mass is 251 g/mol. The fourth-order valence-corrected chi connectivity index (χ4v) is 2.03. The molecule has 0 spiro atoms. The van der Waals surface area contributed by atoms with Gasteiger partial charge in [0.05, 0.1) is 5.69 Å². The molecular formula is C15H13N3O. The molecule has 0 amide bonds. The smallest absolute Gasteiger partial charge is 0.159 e. The van der Waals surface area contributed by atoms with Crippen molar-refractivity contribution in [1.82, 2.24) is 14.5 Å².